The molecule has 0 aliphatic carbocycles. The molecule has 106 valence electrons. The van der Waals surface area contributed by atoms with Crippen molar-refractivity contribution in [3.63, 3.8) is 0 Å². The molecule has 3 heteroatoms. The van der Waals surface area contributed by atoms with Gasteiger partial charge in [-0.2, -0.15) is 0 Å². The predicted octanol–water partition coefficient (Wildman–Crippen LogP) is 2.06. The molecule has 0 amide bonds. The SMILES string of the molecule is COCC(C)NCCN1CCCc2ccccc2C1. The van der Waals surface area contributed by atoms with Crippen molar-refractivity contribution in [3.8, 4) is 0 Å². The van der Waals surface area contributed by atoms with Crippen molar-refractivity contribution in [2.75, 3.05) is 33.4 Å². The molecule has 1 N–H and O–H groups in total. The number of hydrogen-bond donors (Lipinski definition) is 1. The summed E-state index contributed by atoms with van der Waals surface area (Å²) in [6.07, 6.45) is 2.49. The molecule has 3 nitrogen and oxygen atoms in total. The first kappa shape index (κ1) is 14.5. The number of fused-ring (bicyclic) bond motifs is 1. The van der Waals surface area contributed by atoms with Crippen LogP contribution in [0.4, 0.5) is 0 Å². The van der Waals surface area contributed by atoms with Crippen LogP contribution in [-0.2, 0) is 17.7 Å². The molecule has 1 atom stereocenters. The lowest BCUT2D eigenvalue weighted by atomic mass is 10.0. The fraction of sp³-hybridized carbons (Fsp3) is 0.625. The molecule has 0 fully saturated rings. The maximum atomic E-state index is 5.14. The van der Waals surface area contributed by atoms with Crippen LogP contribution in [0, 0.1) is 0 Å². The first-order valence-electron chi connectivity index (χ1n) is 7.31. The molecule has 0 bridgehead atoms. The van der Waals surface area contributed by atoms with Gasteiger partial charge in [-0.3, -0.25) is 4.90 Å². The highest BCUT2D eigenvalue weighted by Gasteiger charge is 2.13. The number of methoxy groups -OCH3 is 1. The van der Waals surface area contributed by atoms with E-state index in [1.807, 2.05) is 0 Å². The van der Waals surface area contributed by atoms with Gasteiger partial charge in [-0.05, 0) is 37.4 Å². The van der Waals surface area contributed by atoms with E-state index < -0.39 is 0 Å². The van der Waals surface area contributed by atoms with Crippen molar-refractivity contribution in [2.24, 2.45) is 0 Å². The average Bonchev–Trinajstić information content (AvgIpc) is 2.60. The van der Waals surface area contributed by atoms with E-state index in [9.17, 15) is 0 Å². The molecule has 1 unspecified atom stereocenters. The average molecular weight is 262 g/mol. The van der Waals surface area contributed by atoms with E-state index >= 15 is 0 Å². The highest BCUT2D eigenvalue weighted by Crippen LogP contribution is 2.17. The Kier molecular flexibility index (Phi) is 5.83. The van der Waals surface area contributed by atoms with Gasteiger partial charge in [-0.1, -0.05) is 24.3 Å². The summed E-state index contributed by atoms with van der Waals surface area (Å²) in [6.45, 7) is 7.39. The molecule has 1 aliphatic rings. The molecule has 0 saturated carbocycles. The number of hydrogen-bond acceptors (Lipinski definition) is 3. The number of nitrogens with one attached hydrogen (secondary N) is 1. The number of rotatable bonds is 6. The summed E-state index contributed by atoms with van der Waals surface area (Å²) in [5, 5.41) is 3.51. The Hall–Kier alpha value is -0.900. The Morgan fingerprint density at radius 3 is 2.89 bits per heavy atom. The van der Waals surface area contributed by atoms with Crippen LogP contribution in [0.3, 0.4) is 0 Å². The smallest absolute Gasteiger partial charge is 0.0613 e. The van der Waals surface area contributed by atoms with Crippen LogP contribution in [0.1, 0.15) is 24.5 Å². The fourth-order valence-electron chi connectivity index (χ4n) is 2.74. The van der Waals surface area contributed by atoms with Gasteiger partial charge in [0.2, 0.25) is 0 Å². The highest BCUT2D eigenvalue weighted by atomic mass is 16.5. The van der Waals surface area contributed by atoms with Gasteiger partial charge in [0.05, 0.1) is 6.61 Å². The molecule has 0 spiro atoms. The van der Waals surface area contributed by atoms with E-state index in [1.165, 1.54) is 30.5 Å². The van der Waals surface area contributed by atoms with Crippen LogP contribution >= 0.6 is 0 Å². The van der Waals surface area contributed by atoms with Crippen LogP contribution < -0.4 is 5.32 Å². The maximum Gasteiger partial charge on any atom is 0.0613 e. The van der Waals surface area contributed by atoms with Crippen molar-refractivity contribution in [1.82, 2.24) is 10.2 Å². The molecule has 2 rings (SSSR count). The van der Waals surface area contributed by atoms with Gasteiger partial charge in [-0.25, -0.2) is 0 Å². The van der Waals surface area contributed by atoms with Crippen molar-refractivity contribution in [1.29, 1.82) is 0 Å². The highest BCUT2D eigenvalue weighted by molar-refractivity contribution is 5.27. The molecular weight excluding hydrogens is 236 g/mol. The molecule has 0 saturated heterocycles. The lowest BCUT2D eigenvalue weighted by Crippen LogP contribution is -2.37. The first-order chi connectivity index (χ1) is 9.29. The third kappa shape index (κ3) is 4.60. The van der Waals surface area contributed by atoms with Crippen molar-refractivity contribution in [2.45, 2.75) is 32.4 Å². The van der Waals surface area contributed by atoms with Crippen LogP contribution in [-0.4, -0.2) is 44.3 Å². The molecule has 0 radical (unpaired) electrons. The van der Waals surface area contributed by atoms with Gasteiger partial charge < -0.3 is 10.1 Å². The number of ether oxygens (including phenoxy) is 1. The van der Waals surface area contributed by atoms with E-state index in [0.717, 1.165) is 26.2 Å². The summed E-state index contributed by atoms with van der Waals surface area (Å²) in [7, 11) is 1.75. The van der Waals surface area contributed by atoms with Gasteiger partial charge in [0, 0.05) is 32.8 Å². The zero-order chi connectivity index (χ0) is 13.5. The first-order valence-corrected chi connectivity index (χ1v) is 7.31. The topological polar surface area (TPSA) is 24.5 Å². The summed E-state index contributed by atoms with van der Waals surface area (Å²) in [4.78, 5) is 2.55. The summed E-state index contributed by atoms with van der Waals surface area (Å²) >= 11 is 0. The van der Waals surface area contributed by atoms with E-state index in [-0.39, 0.29) is 0 Å². The predicted molar refractivity (Wildman–Crippen MR) is 79.4 cm³/mol. The van der Waals surface area contributed by atoms with Gasteiger partial charge in [0.15, 0.2) is 0 Å². The molecule has 1 aromatic rings. The van der Waals surface area contributed by atoms with E-state index in [4.69, 9.17) is 4.74 Å². The zero-order valence-electron chi connectivity index (χ0n) is 12.2. The quantitative estimate of drug-likeness (QED) is 0.849. The molecule has 1 heterocycles. The third-order valence-corrected chi connectivity index (χ3v) is 3.77. The summed E-state index contributed by atoms with van der Waals surface area (Å²) in [5.41, 5.74) is 3.04. The van der Waals surface area contributed by atoms with Gasteiger partial charge in [0.25, 0.3) is 0 Å². The second-order valence-corrected chi connectivity index (χ2v) is 5.46. The number of benzene rings is 1. The Morgan fingerprint density at radius 1 is 1.32 bits per heavy atom. The number of nitrogens with zero attached hydrogens (tertiary/aromatic N) is 1. The van der Waals surface area contributed by atoms with Gasteiger partial charge in [0.1, 0.15) is 0 Å². The van der Waals surface area contributed by atoms with Crippen LogP contribution in [0.25, 0.3) is 0 Å². The van der Waals surface area contributed by atoms with E-state index in [2.05, 4.69) is 41.4 Å². The minimum Gasteiger partial charge on any atom is -0.383 e. The second-order valence-electron chi connectivity index (χ2n) is 5.46. The van der Waals surface area contributed by atoms with Gasteiger partial charge >= 0.3 is 0 Å². The monoisotopic (exact) mass is 262 g/mol. The fourth-order valence-corrected chi connectivity index (χ4v) is 2.74. The maximum absolute atomic E-state index is 5.14. The van der Waals surface area contributed by atoms with Gasteiger partial charge in [-0.15, -0.1) is 0 Å². The van der Waals surface area contributed by atoms with E-state index in [1.54, 1.807) is 7.11 Å². The molecule has 19 heavy (non-hydrogen) atoms. The van der Waals surface area contributed by atoms with Crippen molar-refractivity contribution >= 4 is 0 Å². The summed E-state index contributed by atoms with van der Waals surface area (Å²) in [6, 6.07) is 9.29. The van der Waals surface area contributed by atoms with Crippen molar-refractivity contribution < 1.29 is 4.74 Å². The lowest BCUT2D eigenvalue weighted by molar-refractivity contribution is 0.168. The van der Waals surface area contributed by atoms with E-state index in [0.29, 0.717) is 6.04 Å². The Bertz CT molecular complexity index is 381. The standard InChI is InChI=1S/C16H26N2O/c1-14(13-19-2)17-9-11-18-10-5-8-15-6-3-4-7-16(15)12-18/h3-4,6-7,14,17H,5,8-13H2,1-2H3. The third-order valence-electron chi connectivity index (χ3n) is 3.77. The minimum absolute atomic E-state index is 0.435. The molecule has 1 aliphatic heterocycles. The zero-order valence-corrected chi connectivity index (χ0v) is 12.2. The Balaban J connectivity index is 1.79. The summed E-state index contributed by atoms with van der Waals surface area (Å²) < 4.78 is 5.14. The lowest BCUT2D eigenvalue weighted by Gasteiger charge is -2.22. The number of aryl methyl sites for hydroxylation is 1. The van der Waals surface area contributed by atoms with Crippen molar-refractivity contribution in [3.05, 3.63) is 35.4 Å². The van der Waals surface area contributed by atoms with Crippen LogP contribution in [0.5, 0.6) is 0 Å². The second kappa shape index (κ2) is 7.63. The molecule has 1 aromatic carbocycles. The largest absolute Gasteiger partial charge is 0.383 e. The Labute approximate surface area is 116 Å². The summed E-state index contributed by atoms with van der Waals surface area (Å²) in [5.74, 6) is 0. The Morgan fingerprint density at radius 2 is 2.11 bits per heavy atom. The minimum atomic E-state index is 0.435. The molecular formula is C16H26N2O. The van der Waals surface area contributed by atoms with Crippen LogP contribution in [0.2, 0.25) is 0 Å². The normalized spacial score (nSPS) is 17.8. The van der Waals surface area contributed by atoms with Crippen LogP contribution in [0.15, 0.2) is 24.3 Å². The molecule has 0 aromatic heterocycles.